The molecule has 2 heterocycles. The highest BCUT2D eigenvalue weighted by molar-refractivity contribution is 5.99. The number of amides is 1. The van der Waals surface area contributed by atoms with Crippen LogP contribution >= 0.6 is 0 Å². The van der Waals surface area contributed by atoms with Gasteiger partial charge in [0.2, 0.25) is 0 Å². The zero-order valence-corrected chi connectivity index (χ0v) is 15.5. The Labute approximate surface area is 144 Å². The van der Waals surface area contributed by atoms with Crippen molar-refractivity contribution in [1.29, 1.82) is 0 Å². The molecule has 130 valence electrons. The molecular formula is C20H28N2O2. The Kier molecular flexibility index (Phi) is 3.99. The van der Waals surface area contributed by atoms with Gasteiger partial charge in [0.25, 0.3) is 5.91 Å². The van der Waals surface area contributed by atoms with E-state index in [4.69, 9.17) is 4.42 Å². The fourth-order valence-electron chi connectivity index (χ4n) is 4.23. The first-order valence-electron chi connectivity index (χ1n) is 8.66. The second kappa shape index (κ2) is 5.62. The zero-order valence-electron chi connectivity index (χ0n) is 15.5. The molecule has 1 aliphatic rings. The lowest BCUT2D eigenvalue weighted by Crippen LogP contribution is -2.62. The van der Waals surface area contributed by atoms with E-state index in [9.17, 15) is 4.79 Å². The molecule has 1 amide bonds. The van der Waals surface area contributed by atoms with E-state index in [1.54, 1.807) is 0 Å². The van der Waals surface area contributed by atoms with Gasteiger partial charge in [0.05, 0.1) is 0 Å². The van der Waals surface area contributed by atoms with E-state index in [-0.39, 0.29) is 23.0 Å². The van der Waals surface area contributed by atoms with Crippen LogP contribution in [0.5, 0.6) is 0 Å². The molecule has 4 heteroatoms. The minimum absolute atomic E-state index is 0.000267. The predicted molar refractivity (Wildman–Crippen MR) is 97.5 cm³/mol. The van der Waals surface area contributed by atoms with E-state index in [0.717, 1.165) is 29.4 Å². The number of benzene rings is 1. The number of rotatable bonds is 2. The Morgan fingerprint density at radius 3 is 2.42 bits per heavy atom. The maximum Gasteiger partial charge on any atom is 0.287 e. The molecule has 24 heavy (non-hydrogen) atoms. The van der Waals surface area contributed by atoms with Gasteiger partial charge in [-0.3, -0.25) is 4.79 Å². The van der Waals surface area contributed by atoms with Crippen molar-refractivity contribution < 1.29 is 9.21 Å². The standard InChI is InChI=1S/C20H28N2O2/c1-12-7-8-16-15(9-12)13(2)17(24-16)18(23)21-14-10-19(3,4)22-20(5,6)11-14/h7-9,14,22H,10-11H2,1-6H3,(H,21,23). The lowest BCUT2D eigenvalue weighted by molar-refractivity contribution is 0.0847. The molecule has 2 aromatic rings. The van der Waals surface area contributed by atoms with E-state index in [1.165, 1.54) is 5.56 Å². The molecule has 4 nitrogen and oxygen atoms in total. The third-order valence-electron chi connectivity index (χ3n) is 4.82. The third kappa shape index (κ3) is 3.34. The molecular weight excluding hydrogens is 300 g/mol. The van der Waals surface area contributed by atoms with Crippen molar-refractivity contribution in [3.05, 3.63) is 35.1 Å². The number of hydrogen-bond donors (Lipinski definition) is 2. The molecule has 0 bridgehead atoms. The fourth-order valence-corrected chi connectivity index (χ4v) is 4.23. The quantitative estimate of drug-likeness (QED) is 0.873. The van der Waals surface area contributed by atoms with Gasteiger partial charge in [-0.25, -0.2) is 0 Å². The SMILES string of the molecule is Cc1ccc2oc(C(=O)NC3CC(C)(C)NC(C)(C)C3)c(C)c2c1. The Morgan fingerprint density at radius 2 is 1.79 bits per heavy atom. The van der Waals surface area contributed by atoms with Crippen molar-refractivity contribution in [3.8, 4) is 0 Å². The van der Waals surface area contributed by atoms with Crippen molar-refractivity contribution in [2.75, 3.05) is 0 Å². The molecule has 0 spiro atoms. The van der Waals surface area contributed by atoms with Gasteiger partial charge < -0.3 is 15.1 Å². The van der Waals surface area contributed by atoms with Gasteiger partial charge in [-0.15, -0.1) is 0 Å². The lowest BCUT2D eigenvalue weighted by atomic mass is 9.79. The fraction of sp³-hybridized carbons (Fsp3) is 0.550. The topological polar surface area (TPSA) is 54.3 Å². The highest BCUT2D eigenvalue weighted by Crippen LogP contribution is 2.30. The van der Waals surface area contributed by atoms with Gasteiger partial charge >= 0.3 is 0 Å². The van der Waals surface area contributed by atoms with Crippen LogP contribution < -0.4 is 10.6 Å². The molecule has 2 N–H and O–H groups in total. The molecule has 0 atom stereocenters. The first kappa shape index (κ1) is 17.0. The Balaban J connectivity index is 1.84. The largest absolute Gasteiger partial charge is 0.451 e. The van der Waals surface area contributed by atoms with Crippen molar-refractivity contribution in [2.24, 2.45) is 0 Å². The monoisotopic (exact) mass is 328 g/mol. The highest BCUT2D eigenvalue weighted by atomic mass is 16.3. The number of carbonyl (C=O) groups is 1. The molecule has 1 aromatic heterocycles. The smallest absolute Gasteiger partial charge is 0.287 e. The average molecular weight is 328 g/mol. The van der Waals surface area contributed by atoms with Crippen LogP contribution in [0.15, 0.2) is 22.6 Å². The number of fused-ring (bicyclic) bond motifs is 1. The van der Waals surface area contributed by atoms with Crippen LogP contribution in [-0.4, -0.2) is 23.0 Å². The summed E-state index contributed by atoms with van der Waals surface area (Å²) >= 11 is 0. The molecule has 1 fully saturated rings. The number of furan rings is 1. The van der Waals surface area contributed by atoms with Crippen LogP contribution in [0.1, 0.15) is 62.2 Å². The van der Waals surface area contributed by atoms with E-state index in [2.05, 4.69) is 44.4 Å². The van der Waals surface area contributed by atoms with E-state index in [0.29, 0.717) is 5.76 Å². The Hall–Kier alpha value is -1.81. The summed E-state index contributed by atoms with van der Waals surface area (Å²) in [6.45, 7) is 12.7. The van der Waals surface area contributed by atoms with Crippen LogP contribution in [0.25, 0.3) is 11.0 Å². The summed E-state index contributed by atoms with van der Waals surface area (Å²) in [6.07, 6.45) is 1.81. The van der Waals surface area contributed by atoms with Gasteiger partial charge in [-0.1, -0.05) is 11.6 Å². The van der Waals surface area contributed by atoms with Gasteiger partial charge in [0.1, 0.15) is 5.58 Å². The summed E-state index contributed by atoms with van der Waals surface area (Å²) in [5.74, 6) is 0.324. The summed E-state index contributed by atoms with van der Waals surface area (Å²) < 4.78 is 5.83. The second-order valence-corrected chi connectivity index (χ2v) is 8.53. The Bertz CT molecular complexity index is 770. The van der Waals surface area contributed by atoms with Crippen molar-refractivity contribution >= 4 is 16.9 Å². The van der Waals surface area contributed by atoms with Crippen LogP contribution in [0.2, 0.25) is 0 Å². The summed E-state index contributed by atoms with van der Waals surface area (Å²) in [5, 5.41) is 7.85. The van der Waals surface area contributed by atoms with E-state index >= 15 is 0 Å². The average Bonchev–Trinajstić information content (AvgIpc) is 2.72. The molecule has 0 unspecified atom stereocenters. The summed E-state index contributed by atoms with van der Waals surface area (Å²) in [7, 11) is 0. The number of carbonyl (C=O) groups excluding carboxylic acids is 1. The molecule has 1 saturated heterocycles. The maximum absolute atomic E-state index is 12.8. The van der Waals surface area contributed by atoms with Crippen molar-refractivity contribution in [1.82, 2.24) is 10.6 Å². The number of hydrogen-bond acceptors (Lipinski definition) is 3. The molecule has 0 aliphatic carbocycles. The number of aryl methyl sites for hydroxylation is 2. The van der Waals surface area contributed by atoms with Gasteiger partial charge in [-0.05, 0) is 66.5 Å². The van der Waals surface area contributed by atoms with Crippen LogP contribution in [0, 0.1) is 13.8 Å². The maximum atomic E-state index is 12.8. The first-order chi connectivity index (χ1) is 11.1. The van der Waals surface area contributed by atoms with Gasteiger partial charge in [-0.2, -0.15) is 0 Å². The third-order valence-corrected chi connectivity index (χ3v) is 4.82. The van der Waals surface area contributed by atoms with Crippen LogP contribution in [0.3, 0.4) is 0 Å². The zero-order chi connectivity index (χ0) is 17.7. The van der Waals surface area contributed by atoms with E-state index < -0.39 is 0 Å². The highest BCUT2D eigenvalue weighted by Gasteiger charge is 2.38. The van der Waals surface area contributed by atoms with E-state index in [1.807, 2.05) is 26.0 Å². The summed E-state index contributed by atoms with van der Waals surface area (Å²) in [6, 6.07) is 6.15. The molecule has 0 radical (unpaired) electrons. The van der Waals surface area contributed by atoms with Crippen molar-refractivity contribution in [3.63, 3.8) is 0 Å². The molecule has 1 aliphatic heterocycles. The lowest BCUT2D eigenvalue weighted by Gasteiger charge is -2.46. The van der Waals surface area contributed by atoms with Crippen molar-refractivity contribution in [2.45, 2.75) is 71.5 Å². The summed E-state index contributed by atoms with van der Waals surface area (Å²) in [5.41, 5.74) is 2.85. The predicted octanol–water partition coefficient (Wildman–Crippen LogP) is 4.09. The number of nitrogens with one attached hydrogen (secondary N) is 2. The normalized spacial score (nSPS) is 20.2. The first-order valence-corrected chi connectivity index (χ1v) is 8.66. The summed E-state index contributed by atoms with van der Waals surface area (Å²) in [4.78, 5) is 12.8. The Morgan fingerprint density at radius 1 is 1.17 bits per heavy atom. The minimum Gasteiger partial charge on any atom is -0.451 e. The van der Waals surface area contributed by atoms with Gasteiger partial charge in [0.15, 0.2) is 5.76 Å². The second-order valence-electron chi connectivity index (χ2n) is 8.53. The molecule has 3 rings (SSSR count). The van der Waals surface area contributed by atoms with Crippen LogP contribution in [-0.2, 0) is 0 Å². The van der Waals surface area contributed by atoms with Gasteiger partial charge in [0, 0.05) is 28.1 Å². The molecule has 0 saturated carbocycles. The number of piperidine rings is 1. The molecule has 1 aromatic carbocycles. The minimum atomic E-state index is -0.111. The van der Waals surface area contributed by atoms with Crippen LogP contribution in [0.4, 0.5) is 0 Å².